The molecule has 2 heterocycles. The Hall–Kier alpha value is -1.90. The highest BCUT2D eigenvalue weighted by molar-refractivity contribution is 7.89. The van der Waals surface area contributed by atoms with Gasteiger partial charge in [0, 0.05) is 56.2 Å². The lowest BCUT2D eigenvalue weighted by molar-refractivity contribution is -0.121. The molecule has 0 spiro atoms. The van der Waals surface area contributed by atoms with Crippen LogP contribution in [0.4, 0.5) is 0 Å². The number of likely N-dealkylation sites (N-methyl/N-ethyl adjacent to an activating group) is 1. The fourth-order valence-electron chi connectivity index (χ4n) is 3.52. The summed E-state index contributed by atoms with van der Waals surface area (Å²) in [6.45, 7) is 3.21. The molecule has 7 nitrogen and oxygen atoms in total. The Morgan fingerprint density at radius 2 is 1.89 bits per heavy atom. The molecule has 1 saturated heterocycles. The topological polar surface area (TPSA) is 74.6 Å². The molecule has 0 unspecified atom stereocenters. The van der Waals surface area contributed by atoms with E-state index >= 15 is 0 Å². The highest BCUT2D eigenvalue weighted by atomic mass is 32.2. The molecular weight excluding hydrogens is 376 g/mol. The van der Waals surface area contributed by atoms with E-state index in [1.807, 2.05) is 41.9 Å². The molecule has 0 saturated carbocycles. The number of aromatic nitrogens is 1. The first kappa shape index (κ1) is 20.8. The Balaban J connectivity index is 1.66. The molecule has 1 aromatic heterocycles. The smallest absolute Gasteiger partial charge is 0.243 e. The molecule has 1 aliphatic heterocycles. The van der Waals surface area contributed by atoms with Gasteiger partial charge in [-0.1, -0.05) is 6.42 Å². The molecule has 0 atom stereocenters. The Labute approximate surface area is 167 Å². The van der Waals surface area contributed by atoms with Gasteiger partial charge in [0.05, 0.1) is 4.90 Å². The first-order valence-electron chi connectivity index (χ1n) is 9.88. The van der Waals surface area contributed by atoms with E-state index in [9.17, 15) is 13.2 Å². The number of amides is 1. The van der Waals surface area contributed by atoms with Crippen LogP contribution in [0.15, 0.2) is 35.4 Å². The number of nitrogens with one attached hydrogen (secondary N) is 1. The molecule has 0 radical (unpaired) electrons. The zero-order chi connectivity index (χ0) is 20.1. The van der Waals surface area contributed by atoms with Gasteiger partial charge in [-0.05, 0) is 51.2 Å². The minimum absolute atomic E-state index is 0.0213. The van der Waals surface area contributed by atoms with E-state index in [1.165, 1.54) is 0 Å². The van der Waals surface area contributed by atoms with Crippen molar-refractivity contribution in [1.29, 1.82) is 0 Å². The van der Waals surface area contributed by atoms with Crippen LogP contribution in [0.3, 0.4) is 0 Å². The third kappa shape index (κ3) is 4.92. The van der Waals surface area contributed by atoms with Gasteiger partial charge in [-0.3, -0.25) is 4.79 Å². The fourth-order valence-corrected chi connectivity index (χ4v) is 5.07. The van der Waals surface area contributed by atoms with Crippen molar-refractivity contribution in [3.63, 3.8) is 0 Å². The van der Waals surface area contributed by atoms with Crippen LogP contribution in [0, 0.1) is 0 Å². The molecule has 154 valence electrons. The molecular formula is C20H30N4O3S. The Kier molecular flexibility index (Phi) is 6.74. The number of hydrogen-bond donors (Lipinski definition) is 1. The maximum absolute atomic E-state index is 12.9. The van der Waals surface area contributed by atoms with Gasteiger partial charge in [-0.15, -0.1) is 0 Å². The maximum Gasteiger partial charge on any atom is 0.243 e. The largest absolute Gasteiger partial charge is 0.355 e. The molecule has 0 aliphatic carbocycles. The lowest BCUT2D eigenvalue weighted by atomic mass is 10.2. The van der Waals surface area contributed by atoms with Gasteiger partial charge in [-0.2, -0.15) is 4.31 Å². The Morgan fingerprint density at radius 1 is 1.14 bits per heavy atom. The van der Waals surface area contributed by atoms with E-state index in [0.29, 0.717) is 37.5 Å². The molecule has 8 heteroatoms. The van der Waals surface area contributed by atoms with Crippen molar-refractivity contribution in [1.82, 2.24) is 19.1 Å². The van der Waals surface area contributed by atoms with E-state index in [1.54, 1.807) is 16.4 Å². The third-order valence-corrected chi connectivity index (χ3v) is 7.05. The highest BCUT2D eigenvalue weighted by Gasteiger charge is 2.26. The molecule has 3 rings (SSSR count). The zero-order valence-corrected chi connectivity index (χ0v) is 17.5. The number of fused-ring (bicyclic) bond motifs is 1. The van der Waals surface area contributed by atoms with Crippen molar-refractivity contribution in [2.24, 2.45) is 0 Å². The summed E-state index contributed by atoms with van der Waals surface area (Å²) in [6.07, 6.45) is 5.25. The monoisotopic (exact) mass is 406 g/mol. The van der Waals surface area contributed by atoms with Gasteiger partial charge >= 0.3 is 0 Å². The summed E-state index contributed by atoms with van der Waals surface area (Å²) < 4.78 is 29.3. The summed E-state index contributed by atoms with van der Waals surface area (Å²) in [5.41, 5.74) is 0.943. The summed E-state index contributed by atoms with van der Waals surface area (Å²) in [7, 11) is 0.509. The van der Waals surface area contributed by atoms with Crippen molar-refractivity contribution in [3.05, 3.63) is 30.5 Å². The number of rotatable bonds is 8. The van der Waals surface area contributed by atoms with E-state index < -0.39 is 10.0 Å². The van der Waals surface area contributed by atoms with Crippen molar-refractivity contribution >= 4 is 26.8 Å². The number of hydrogen-bond acceptors (Lipinski definition) is 4. The molecule has 2 aromatic rings. The Bertz CT molecular complexity index is 915. The van der Waals surface area contributed by atoms with Gasteiger partial charge in [0.15, 0.2) is 0 Å². The van der Waals surface area contributed by atoms with Gasteiger partial charge in [0.1, 0.15) is 0 Å². The molecule has 1 N–H and O–H groups in total. The number of piperidine rings is 1. The highest BCUT2D eigenvalue weighted by Crippen LogP contribution is 2.25. The van der Waals surface area contributed by atoms with Crippen molar-refractivity contribution in [2.45, 2.75) is 37.1 Å². The van der Waals surface area contributed by atoms with E-state index in [2.05, 4.69) is 5.32 Å². The van der Waals surface area contributed by atoms with Crippen molar-refractivity contribution in [3.8, 4) is 0 Å². The second kappa shape index (κ2) is 9.07. The average Bonchev–Trinajstić information content (AvgIpc) is 3.09. The number of nitrogens with zero attached hydrogens (tertiary/aromatic N) is 3. The summed E-state index contributed by atoms with van der Waals surface area (Å²) >= 11 is 0. The standard InChI is InChI=1S/C20H30N4O3S/c1-22(2)15-10-21-20(25)9-14-23-13-8-17-16-18(6-7-19(17)23)28(26,27)24-11-4-3-5-12-24/h6-8,13,16H,3-5,9-12,14-15H2,1-2H3,(H,21,25). The third-order valence-electron chi connectivity index (χ3n) is 5.16. The molecule has 1 aromatic carbocycles. The quantitative estimate of drug-likeness (QED) is 0.726. The van der Waals surface area contributed by atoms with Gasteiger partial charge in [-0.25, -0.2) is 8.42 Å². The second-order valence-corrected chi connectivity index (χ2v) is 9.54. The molecule has 0 bridgehead atoms. The van der Waals surface area contributed by atoms with Crippen LogP contribution in [-0.2, 0) is 21.4 Å². The molecule has 1 amide bonds. The minimum Gasteiger partial charge on any atom is -0.355 e. The van der Waals surface area contributed by atoms with Crippen LogP contribution >= 0.6 is 0 Å². The number of sulfonamides is 1. The average molecular weight is 407 g/mol. The predicted octanol–water partition coefficient (Wildman–Crippen LogP) is 1.88. The van der Waals surface area contributed by atoms with Gasteiger partial charge in [0.25, 0.3) is 0 Å². The molecule has 1 aliphatic rings. The molecule has 28 heavy (non-hydrogen) atoms. The summed E-state index contributed by atoms with van der Waals surface area (Å²) in [4.78, 5) is 14.4. The summed E-state index contributed by atoms with van der Waals surface area (Å²) in [6, 6.07) is 7.18. The number of carbonyl (C=O) groups excluding carboxylic acids is 1. The predicted molar refractivity (Wildman–Crippen MR) is 111 cm³/mol. The first-order valence-corrected chi connectivity index (χ1v) is 11.3. The van der Waals surface area contributed by atoms with Crippen LogP contribution in [-0.4, -0.2) is 68.4 Å². The van der Waals surface area contributed by atoms with Gasteiger partial charge < -0.3 is 14.8 Å². The zero-order valence-electron chi connectivity index (χ0n) is 16.7. The van der Waals surface area contributed by atoms with Crippen molar-refractivity contribution in [2.75, 3.05) is 40.3 Å². The van der Waals surface area contributed by atoms with Crippen LogP contribution in [0.2, 0.25) is 0 Å². The van der Waals surface area contributed by atoms with Crippen LogP contribution in [0.25, 0.3) is 10.9 Å². The van der Waals surface area contributed by atoms with E-state index in [4.69, 9.17) is 0 Å². The van der Waals surface area contributed by atoms with Crippen molar-refractivity contribution < 1.29 is 13.2 Å². The summed E-state index contributed by atoms with van der Waals surface area (Å²) in [5, 5.41) is 3.79. The number of aryl methyl sites for hydroxylation is 1. The lowest BCUT2D eigenvalue weighted by Gasteiger charge is -2.25. The maximum atomic E-state index is 12.9. The minimum atomic E-state index is -3.43. The van der Waals surface area contributed by atoms with Gasteiger partial charge in [0.2, 0.25) is 15.9 Å². The molecule has 1 fully saturated rings. The van der Waals surface area contributed by atoms with Crippen LogP contribution in [0.5, 0.6) is 0 Å². The van der Waals surface area contributed by atoms with Crippen LogP contribution < -0.4 is 5.32 Å². The Morgan fingerprint density at radius 3 is 2.61 bits per heavy atom. The first-order chi connectivity index (χ1) is 13.4. The normalized spacial score (nSPS) is 16.0. The summed E-state index contributed by atoms with van der Waals surface area (Å²) in [5.74, 6) is 0.0213. The van der Waals surface area contributed by atoms with E-state index in [-0.39, 0.29) is 5.91 Å². The second-order valence-electron chi connectivity index (χ2n) is 7.60. The number of carbonyl (C=O) groups is 1. The van der Waals surface area contributed by atoms with Crippen LogP contribution in [0.1, 0.15) is 25.7 Å². The fraction of sp³-hybridized carbons (Fsp3) is 0.550. The number of benzene rings is 1. The SMILES string of the molecule is CN(C)CCNC(=O)CCn1ccc2cc(S(=O)(=O)N3CCCCC3)ccc21. The van der Waals surface area contributed by atoms with E-state index in [0.717, 1.165) is 36.7 Å². The lowest BCUT2D eigenvalue weighted by Crippen LogP contribution is -2.35.